The molecule has 0 saturated carbocycles. The third-order valence-electron chi connectivity index (χ3n) is 3.71. The van der Waals surface area contributed by atoms with Gasteiger partial charge in [0.1, 0.15) is 0 Å². The smallest absolute Gasteiger partial charge is 0.0679 e. The number of fused-ring (bicyclic) bond motifs is 1. The molecule has 1 aromatic heterocycles. The summed E-state index contributed by atoms with van der Waals surface area (Å²) >= 11 is 1.84. The van der Waals surface area contributed by atoms with Crippen LogP contribution in [0.3, 0.4) is 0 Å². The van der Waals surface area contributed by atoms with Gasteiger partial charge in [0, 0.05) is 4.88 Å². The van der Waals surface area contributed by atoms with E-state index in [0.29, 0.717) is 0 Å². The molecule has 0 aliphatic heterocycles. The van der Waals surface area contributed by atoms with E-state index >= 15 is 0 Å². The summed E-state index contributed by atoms with van der Waals surface area (Å²) in [6.45, 7) is 5.33. The molecular formula is C18H19NS. The predicted octanol–water partition coefficient (Wildman–Crippen LogP) is 4.91. The minimum Gasteiger partial charge on any atom is -0.306 e. The lowest BCUT2D eigenvalue weighted by Gasteiger charge is -2.20. The molecule has 0 saturated heterocycles. The molecule has 0 bridgehead atoms. The van der Waals surface area contributed by atoms with Crippen LogP contribution >= 0.6 is 11.3 Å². The Morgan fingerprint density at radius 3 is 2.60 bits per heavy atom. The van der Waals surface area contributed by atoms with Crippen molar-refractivity contribution in [1.29, 1.82) is 0 Å². The molecule has 3 rings (SSSR count). The van der Waals surface area contributed by atoms with E-state index in [2.05, 4.69) is 73.1 Å². The van der Waals surface area contributed by atoms with Crippen LogP contribution in [-0.2, 0) is 0 Å². The highest BCUT2D eigenvalue weighted by atomic mass is 32.1. The first kappa shape index (κ1) is 13.3. The largest absolute Gasteiger partial charge is 0.306 e. The Morgan fingerprint density at radius 2 is 1.85 bits per heavy atom. The van der Waals surface area contributed by atoms with Crippen LogP contribution in [0, 0.1) is 6.92 Å². The molecule has 3 aromatic rings. The number of aryl methyl sites for hydroxylation is 1. The Kier molecular flexibility index (Phi) is 3.86. The first-order chi connectivity index (χ1) is 9.81. The van der Waals surface area contributed by atoms with E-state index in [0.717, 1.165) is 6.54 Å². The molecule has 2 aromatic carbocycles. The van der Waals surface area contributed by atoms with Gasteiger partial charge in [0.15, 0.2) is 0 Å². The third kappa shape index (κ3) is 2.37. The first-order valence-electron chi connectivity index (χ1n) is 7.06. The summed E-state index contributed by atoms with van der Waals surface area (Å²) in [5.41, 5.74) is 2.74. The fourth-order valence-electron chi connectivity index (χ4n) is 2.73. The molecule has 0 spiro atoms. The molecule has 0 aliphatic carbocycles. The Hall–Kier alpha value is -1.64. The van der Waals surface area contributed by atoms with Crippen molar-refractivity contribution < 1.29 is 0 Å². The van der Waals surface area contributed by atoms with Gasteiger partial charge < -0.3 is 5.32 Å². The normalized spacial score (nSPS) is 12.7. The van der Waals surface area contributed by atoms with Gasteiger partial charge in [0.2, 0.25) is 0 Å². The van der Waals surface area contributed by atoms with E-state index in [1.165, 1.54) is 26.8 Å². The summed E-state index contributed by atoms with van der Waals surface area (Å²) in [5.74, 6) is 0. The number of rotatable bonds is 4. The first-order valence-corrected chi connectivity index (χ1v) is 7.94. The lowest BCUT2D eigenvalue weighted by molar-refractivity contribution is 0.641. The average molecular weight is 281 g/mol. The SMILES string of the molecule is CCNC(c1sccc1C)c1cccc2ccccc12. The van der Waals surface area contributed by atoms with E-state index in [-0.39, 0.29) is 6.04 Å². The molecule has 102 valence electrons. The maximum absolute atomic E-state index is 3.64. The van der Waals surface area contributed by atoms with Gasteiger partial charge in [-0.2, -0.15) is 0 Å². The maximum atomic E-state index is 3.64. The van der Waals surface area contributed by atoms with E-state index in [1.54, 1.807) is 0 Å². The van der Waals surface area contributed by atoms with Crippen molar-refractivity contribution in [3.8, 4) is 0 Å². The van der Waals surface area contributed by atoms with Crippen molar-refractivity contribution in [1.82, 2.24) is 5.32 Å². The quantitative estimate of drug-likeness (QED) is 0.716. The van der Waals surface area contributed by atoms with Crippen LogP contribution in [0.5, 0.6) is 0 Å². The molecule has 0 fully saturated rings. The van der Waals surface area contributed by atoms with Crippen molar-refractivity contribution in [3.63, 3.8) is 0 Å². The van der Waals surface area contributed by atoms with Crippen LogP contribution in [0.1, 0.15) is 29.0 Å². The number of hydrogen-bond donors (Lipinski definition) is 1. The highest BCUT2D eigenvalue weighted by Crippen LogP contribution is 2.33. The maximum Gasteiger partial charge on any atom is 0.0679 e. The molecule has 1 nitrogen and oxygen atoms in total. The summed E-state index contributed by atoms with van der Waals surface area (Å²) < 4.78 is 0. The summed E-state index contributed by atoms with van der Waals surface area (Å²) in [6.07, 6.45) is 0. The average Bonchev–Trinajstić information content (AvgIpc) is 2.90. The molecular weight excluding hydrogens is 262 g/mol. The molecule has 0 amide bonds. The molecule has 0 radical (unpaired) electrons. The molecule has 2 heteroatoms. The second-order valence-electron chi connectivity index (χ2n) is 5.03. The zero-order valence-corrected chi connectivity index (χ0v) is 12.7. The lowest BCUT2D eigenvalue weighted by atomic mass is 9.96. The van der Waals surface area contributed by atoms with Gasteiger partial charge in [-0.15, -0.1) is 11.3 Å². The van der Waals surface area contributed by atoms with Gasteiger partial charge in [-0.25, -0.2) is 0 Å². The predicted molar refractivity (Wildman–Crippen MR) is 88.5 cm³/mol. The van der Waals surface area contributed by atoms with Crippen LogP contribution in [-0.4, -0.2) is 6.54 Å². The van der Waals surface area contributed by atoms with Crippen molar-refractivity contribution in [2.45, 2.75) is 19.9 Å². The minimum absolute atomic E-state index is 0.283. The molecule has 1 unspecified atom stereocenters. The number of thiophene rings is 1. The van der Waals surface area contributed by atoms with Crippen LogP contribution in [0.25, 0.3) is 10.8 Å². The number of hydrogen-bond acceptors (Lipinski definition) is 2. The monoisotopic (exact) mass is 281 g/mol. The van der Waals surface area contributed by atoms with Crippen molar-refractivity contribution in [2.24, 2.45) is 0 Å². The Balaban J connectivity index is 2.17. The zero-order valence-electron chi connectivity index (χ0n) is 11.9. The second kappa shape index (κ2) is 5.78. The molecule has 0 aliphatic rings. The minimum atomic E-state index is 0.283. The number of benzene rings is 2. The van der Waals surface area contributed by atoms with Crippen molar-refractivity contribution >= 4 is 22.1 Å². The van der Waals surface area contributed by atoms with E-state index < -0.39 is 0 Å². The zero-order chi connectivity index (χ0) is 13.9. The summed E-state index contributed by atoms with van der Waals surface area (Å²) in [7, 11) is 0. The Bertz CT molecular complexity index is 709. The Labute approximate surface area is 124 Å². The van der Waals surface area contributed by atoms with Gasteiger partial charge in [0.05, 0.1) is 6.04 Å². The van der Waals surface area contributed by atoms with Gasteiger partial charge in [-0.3, -0.25) is 0 Å². The van der Waals surface area contributed by atoms with E-state index in [1.807, 2.05) is 11.3 Å². The van der Waals surface area contributed by atoms with Crippen molar-refractivity contribution in [3.05, 3.63) is 69.9 Å². The summed E-state index contributed by atoms with van der Waals surface area (Å²) in [5, 5.41) is 8.47. The molecule has 20 heavy (non-hydrogen) atoms. The lowest BCUT2D eigenvalue weighted by Crippen LogP contribution is -2.22. The van der Waals surface area contributed by atoms with Gasteiger partial charge in [-0.1, -0.05) is 49.4 Å². The third-order valence-corrected chi connectivity index (χ3v) is 4.79. The fourth-order valence-corrected chi connectivity index (χ4v) is 3.75. The van der Waals surface area contributed by atoms with E-state index in [4.69, 9.17) is 0 Å². The van der Waals surface area contributed by atoms with Crippen molar-refractivity contribution in [2.75, 3.05) is 6.54 Å². The van der Waals surface area contributed by atoms with Gasteiger partial charge >= 0.3 is 0 Å². The summed E-state index contributed by atoms with van der Waals surface area (Å²) in [4.78, 5) is 1.42. The molecule has 1 atom stereocenters. The second-order valence-corrected chi connectivity index (χ2v) is 5.97. The van der Waals surface area contributed by atoms with Crippen LogP contribution < -0.4 is 5.32 Å². The highest BCUT2D eigenvalue weighted by molar-refractivity contribution is 7.10. The van der Waals surface area contributed by atoms with Gasteiger partial charge in [-0.05, 0) is 46.8 Å². The summed E-state index contributed by atoms with van der Waals surface area (Å²) in [6, 6.07) is 17.7. The van der Waals surface area contributed by atoms with Crippen LogP contribution in [0.4, 0.5) is 0 Å². The number of nitrogens with one attached hydrogen (secondary N) is 1. The fraction of sp³-hybridized carbons (Fsp3) is 0.222. The van der Waals surface area contributed by atoms with Crippen LogP contribution in [0.15, 0.2) is 53.9 Å². The van der Waals surface area contributed by atoms with E-state index in [9.17, 15) is 0 Å². The van der Waals surface area contributed by atoms with Gasteiger partial charge in [0.25, 0.3) is 0 Å². The standard InChI is InChI=1S/C18H19NS/c1-3-19-17(18-13(2)11-12-20-18)16-10-6-8-14-7-4-5-9-15(14)16/h4-12,17,19H,3H2,1-2H3. The molecule has 1 heterocycles. The Morgan fingerprint density at radius 1 is 1.05 bits per heavy atom. The highest BCUT2D eigenvalue weighted by Gasteiger charge is 2.18. The molecule has 1 N–H and O–H groups in total. The topological polar surface area (TPSA) is 12.0 Å². The van der Waals surface area contributed by atoms with Crippen LogP contribution in [0.2, 0.25) is 0 Å².